The minimum absolute atomic E-state index is 0.107. The lowest BCUT2D eigenvalue weighted by atomic mass is 9.93. The Hall–Kier alpha value is -1.62. The SMILES string of the molecule is O=C(NC12CCCC1NCC2)c1cc(=O)cc[nH]1. The first-order chi connectivity index (χ1) is 8.70. The molecule has 1 aliphatic carbocycles. The third kappa shape index (κ3) is 1.84. The fourth-order valence-corrected chi connectivity index (χ4v) is 3.22. The Labute approximate surface area is 105 Å². The van der Waals surface area contributed by atoms with Crippen molar-refractivity contribution >= 4 is 5.91 Å². The first kappa shape index (κ1) is 11.5. The van der Waals surface area contributed by atoms with Crippen LogP contribution in [-0.4, -0.2) is 29.0 Å². The summed E-state index contributed by atoms with van der Waals surface area (Å²) in [7, 11) is 0. The molecular formula is C13H17N3O2. The highest BCUT2D eigenvalue weighted by atomic mass is 16.2. The van der Waals surface area contributed by atoms with E-state index in [2.05, 4.69) is 15.6 Å². The second kappa shape index (κ2) is 4.24. The molecule has 5 heteroatoms. The second-order valence-corrected chi connectivity index (χ2v) is 5.20. The van der Waals surface area contributed by atoms with Gasteiger partial charge in [-0.2, -0.15) is 0 Å². The Morgan fingerprint density at radius 2 is 2.33 bits per heavy atom. The molecule has 2 fully saturated rings. The summed E-state index contributed by atoms with van der Waals surface area (Å²) in [5.74, 6) is -0.178. The van der Waals surface area contributed by atoms with Gasteiger partial charge < -0.3 is 15.6 Å². The van der Waals surface area contributed by atoms with Crippen molar-refractivity contribution in [2.75, 3.05) is 6.54 Å². The van der Waals surface area contributed by atoms with Gasteiger partial charge >= 0.3 is 0 Å². The summed E-state index contributed by atoms with van der Waals surface area (Å²) >= 11 is 0. The lowest BCUT2D eigenvalue weighted by molar-refractivity contribution is 0.0892. The van der Waals surface area contributed by atoms with E-state index in [0.717, 1.165) is 32.2 Å². The van der Waals surface area contributed by atoms with Crippen molar-refractivity contribution in [2.45, 2.75) is 37.3 Å². The summed E-state index contributed by atoms with van der Waals surface area (Å²) in [6.45, 7) is 0.955. The third-order valence-corrected chi connectivity index (χ3v) is 4.12. The van der Waals surface area contributed by atoms with Gasteiger partial charge in [0.05, 0.1) is 5.54 Å². The molecular weight excluding hydrogens is 230 g/mol. The number of aromatic amines is 1. The smallest absolute Gasteiger partial charge is 0.268 e. The Bertz CT molecular complexity index is 513. The van der Waals surface area contributed by atoms with Crippen LogP contribution >= 0.6 is 0 Å². The van der Waals surface area contributed by atoms with Crippen LogP contribution in [0.3, 0.4) is 0 Å². The Kier molecular flexibility index (Phi) is 2.70. The van der Waals surface area contributed by atoms with E-state index in [1.807, 2.05) is 0 Å². The number of hydrogen-bond donors (Lipinski definition) is 3. The van der Waals surface area contributed by atoms with Crippen molar-refractivity contribution < 1.29 is 4.79 Å². The van der Waals surface area contributed by atoms with Gasteiger partial charge in [0.1, 0.15) is 5.69 Å². The number of aromatic nitrogens is 1. The molecule has 0 aromatic carbocycles. The maximum atomic E-state index is 12.2. The Morgan fingerprint density at radius 1 is 1.44 bits per heavy atom. The predicted octanol–water partition coefficient (Wildman–Crippen LogP) is 0.389. The van der Waals surface area contributed by atoms with Gasteiger partial charge in [-0.15, -0.1) is 0 Å². The van der Waals surface area contributed by atoms with Crippen molar-refractivity contribution in [3.63, 3.8) is 0 Å². The summed E-state index contributed by atoms with van der Waals surface area (Å²) in [4.78, 5) is 26.3. The van der Waals surface area contributed by atoms with Crippen LogP contribution < -0.4 is 16.1 Å². The van der Waals surface area contributed by atoms with Gasteiger partial charge in [-0.1, -0.05) is 0 Å². The van der Waals surface area contributed by atoms with Crippen molar-refractivity contribution in [3.8, 4) is 0 Å². The van der Waals surface area contributed by atoms with E-state index in [0.29, 0.717) is 11.7 Å². The van der Waals surface area contributed by atoms with E-state index in [4.69, 9.17) is 0 Å². The molecule has 2 atom stereocenters. The highest BCUT2D eigenvalue weighted by Crippen LogP contribution is 2.36. The van der Waals surface area contributed by atoms with Gasteiger partial charge in [-0.05, 0) is 32.2 Å². The van der Waals surface area contributed by atoms with E-state index >= 15 is 0 Å². The largest absolute Gasteiger partial charge is 0.357 e. The summed E-state index contributed by atoms with van der Waals surface area (Å²) in [5, 5.41) is 6.57. The molecule has 0 bridgehead atoms. The number of nitrogens with one attached hydrogen (secondary N) is 3. The quantitative estimate of drug-likeness (QED) is 0.707. The van der Waals surface area contributed by atoms with Crippen molar-refractivity contribution in [1.82, 2.24) is 15.6 Å². The monoisotopic (exact) mass is 247 g/mol. The molecule has 2 aliphatic rings. The highest BCUT2D eigenvalue weighted by Gasteiger charge is 2.47. The average Bonchev–Trinajstić information content (AvgIpc) is 2.87. The maximum absolute atomic E-state index is 12.2. The number of pyridine rings is 1. The molecule has 1 aromatic heterocycles. The Morgan fingerprint density at radius 3 is 3.17 bits per heavy atom. The van der Waals surface area contributed by atoms with Crippen molar-refractivity contribution in [3.05, 3.63) is 34.2 Å². The van der Waals surface area contributed by atoms with E-state index in [9.17, 15) is 9.59 Å². The molecule has 2 heterocycles. The number of carbonyl (C=O) groups excluding carboxylic acids is 1. The molecule has 1 saturated heterocycles. The minimum Gasteiger partial charge on any atom is -0.357 e. The minimum atomic E-state index is -0.178. The van der Waals surface area contributed by atoms with Crippen molar-refractivity contribution in [2.24, 2.45) is 0 Å². The van der Waals surface area contributed by atoms with E-state index < -0.39 is 0 Å². The van der Waals surface area contributed by atoms with Crippen LogP contribution in [0.4, 0.5) is 0 Å². The molecule has 3 N–H and O–H groups in total. The zero-order chi connectivity index (χ0) is 12.6. The lowest BCUT2D eigenvalue weighted by Gasteiger charge is -2.30. The van der Waals surface area contributed by atoms with Gasteiger partial charge in [-0.25, -0.2) is 0 Å². The van der Waals surface area contributed by atoms with Gasteiger partial charge in [0.25, 0.3) is 5.91 Å². The van der Waals surface area contributed by atoms with Crippen LogP contribution in [-0.2, 0) is 0 Å². The molecule has 3 rings (SSSR count). The number of rotatable bonds is 2. The predicted molar refractivity (Wildman–Crippen MR) is 67.5 cm³/mol. The van der Waals surface area contributed by atoms with Crippen LogP contribution in [0.25, 0.3) is 0 Å². The topological polar surface area (TPSA) is 74.0 Å². The number of carbonyl (C=O) groups is 1. The van der Waals surface area contributed by atoms with Crippen LogP contribution in [0.15, 0.2) is 23.1 Å². The summed E-state index contributed by atoms with van der Waals surface area (Å²) in [6.07, 6.45) is 5.76. The van der Waals surface area contributed by atoms with Gasteiger partial charge in [-0.3, -0.25) is 9.59 Å². The fourth-order valence-electron chi connectivity index (χ4n) is 3.22. The standard InChI is InChI=1S/C13H17N3O2/c17-9-3-6-14-10(8-9)12(18)16-13-4-1-2-11(13)15-7-5-13/h3,6,8,11,15H,1-2,4-5,7H2,(H,14,17)(H,16,18). The molecule has 1 aromatic rings. The number of H-pyrrole nitrogens is 1. The second-order valence-electron chi connectivity index (χ2n) is 5.20. The number of hydrogen-bond acceptors (Lipinski definition) is 3. The normalized spacial score (nSPS) is 30.1. The van der Waals surface area contributed by atoms with Crippen LogP contribution in [0.5, 0.6) is 0 Å². The molecule has 1 aliphatic heterocycles. The average molecular weight is 247 g/mol. The van der Waals surface area contributed by atoms with E-state index in [1.54, 1.807) is 0 Å². The van der Waals surface area contributed by atoms with E-state index in [1.165, 1.54) is 18.3 Å². The molecule has 2 unspecified atom stereocenters. The summed E-state index contributed by atoms with van der Waals surface area (Å²) in [6, 6.07) is 3.14. The number of amides is 1. The van der Waals surface area contributed by atoms with Crippen LogP contribution in [0, 0.1) is 0 Å². The van der Waals surface area contributed by atoms with Crippen LogP contribution in [0.2, 0.25) is 0 Å². The lowest BCUT2D eigenvalue weighted by Crippen LogP contribution is -2.53. The van der Waals surface area contributed by atoms with E-state index in [-0.39, 0.29) is 16.9 Å². The third-order valence-electron chi connectivity index (χ3n) is 4.12. The molecule has 18 heavy (non-hydrogen) atoms. The molecule has 0 radical (unpaired) electrons. The summed E-state index contributed by atoms with van der Waals surface area (Å²) in [5.41, 5.74) is 0.0856. The van der Waals surface area contributed by atoms with Crippen LogP contribution in [0.1, 0.15) is 36.2 Å². The molecule has 1 saturated carbocycles. The first-order valence-corrected chi connectivity index (χ1v) is 6.44. The molecule has 5 nitrogen and oxygen atoms in total. The fraction of sp³-hybridized carbons (Fsp3) is 0.538. The van der Waals surface area contributed by atoms with Gasteiger partial charge in [0, 0.05) is 24.4 Å². The zero-order valence-corrected chi connectivity index (χ0v) is 10.2. The zero-order valence-electron chi connectivity index (χ0n) is 10.2. The first-order valence-electron chi connectivity index (χ1n) is 6.44. The molecule has 96 valence electrons. The number of fused-ring (bicyclic) bond motifs is 1. The Balaban J connectivity index is 1.80. The van der Waals surface area contributed by atoms with Gasteiger partial charge in [0.15, 0.2) is 5.43 Å². The summed E-state index contributed by atoms with van der Waals surface area (Å²) < 4.78 is 0. The molecule has 1 amide bonds. The highest BCUT2D eigenvalue weighted by molar-refractivity contribution is 5.92. The molecule has 0 spiro atoms. The van der Waals surface area contributed by atoms with Gasteiger partial charge in [0.2, 0.25) is 0 Å². The van der Waals surface area contributed by atoms with Crippen molar-refractivity contribution in [1.29, 1.82) is 0 Å². The maximum Gasteiger partial charge on any atom is 0.268 e.